The van der Waals surface area contributed by atoms with Crippen molar-refractivity contribution in [3.63, 3.8) is 0 Å². The van der Waals surface area contributed by atoms with Gasteiger partial charge in [-0.05, 0) is 31.4 Å². The molecule has 0 spiro atoms. The molecule has 0 saturated carbocycles. The maximum absolute atomic E-state index is 13.0. The maximum atomic E-state index is 13.0. The lowest BCUT2D eigenvalue weighted by atomic mass is 9.77. The lowest BCUT2D eigenvalue weighted by Gasteiger charge is -2.39. The van der Waals surface area contributed by atoms with Gasteiger partial charge in [-0.3, -0.25) is 9.59 Å². The second-order valence-corrected chi connectivity index (χ2v) is 5.43. The van der Waals surface area contributed by atoms with Gasteiger partial charge in [-0.2, -0.15) is 0 Å². The van der Waals surface area contributed by atoms with Crippen molar-refractivity contribution in [2.45, 2.75) is 26.2 Å². The molecular formula is C15H18FNO4. The van der Waals surface area contributed by atoms with E-state index in [2.05, 4.69) is 0 Å². The maximum Gasteiger partial charge on any atom is 0.311 e. The molecule has 1 atom stereocenters. The smallest absolute Gasteiger partial charge is 0.311 e. The molecule has 1 aromatic rings. The molecule has 1 saturated heterocycles. The first kappa shape index (κ1) is 15.3. The molecule has 0 radical (unpaired) electrons. The van der Waals surface area contributed by atoms with Gasteiger partial charge in [0.25, 0.3) is 5.91 Å². The van der Waals surface area contributed by atoms with Crippen LogP contribution in [0.5, 0.6) is 5.75 Å². The average molecular weight is 295 g/mol. The number of benzene rings is 1. The molecule has 6 heteroatoms. The highest BCUT2D eigenvalue weighted by atomic mass is 19.1. The number of hydrogen-bond acceptors (Lipinski definition) is 3. The van der Waals surface area contributed by atoms with Gasteiger partial charge in [0, 0.05) is 19.2 Å². The van der Waals surface area contributed by atoms with Crippen LogP contribution in [0.3, 0.4) is 0 Å². The molecule has 0 aromatic heterocycles. The summed E-state index contributed by atoms with van der Waals surface area (Å²) in [6.07, 6.45) is 1.55. The van der Waals surface area contributed by atoms with Gasteiger partial charge in [0.15, 0.2) is 0 Å². The van der Waals surface area contributed by atoms with Crippen molar-refractivity contribution in [1.29, 1.82) is 0 Å². The highest BCUT2D eigenvalue weighted by Crippen LogP contribution is 2.34. The van der Waals surface area contributed by atoms with E-state index in [0.29, 0.717) is 25.8 Å². The van der Waals surface area contributed by atoms with E-state index in [0.717, 1.165) is 12.1 Å². The van der Waals surface area contributed by atoms with E-state index < -0.39 is 28.9 Å². The number of piperidine rings is 1. The molecule has 2 rings (SSSR count). The van der Waals surface area contributed by atoms with E-state index in [1.165, 1.54) is 11.0 Å². The third kappa shape index (κ3) is 2.84. The van der Waals surface area contributed by atoms with Gasteiger partial charge < -0.3 is 15.1 Å². The Morgan fingerprint density at radius 1 is 1.43 bits per heavy atom. The number of aliphatic carboxylic acids is 1. The number of carboxylic acid groups (broad SMARTS) is 1. The summed E-state index contributed by atoms with van der Waals surface area (Å²) in [7, 11) is 0. The Balaban J connectivity index is 2.25. The van der Waals surface area contributed by atoms with E-state index in [4.69, 9.17) is 0 Å². The van der Waals surface area contributed by atoms with Gasteiger partial charge in [-0.25, -0.2) is 4.39 Å². The van der Waals surface area contributed by atoms with Gasteiger partial charge >= 0.3 is 5.97 Å². The number of aromatic hydroxyl groups is 1. The van der Waals surface area contributed by atoms with Crippen LogP contribution in [0.25, 0.3) is 0 Å². The average Bonchev–Trinajstić information content (AvgIpc) is 2.46. The second kappa shape index (κ2) is 5.71. The number of rotatable bonds is 3. The number of halogens is 1. The standard InChI is InChI=1S/C15H18FNO4/c1-2-15(14(20)21)6-3-7-17(9-15)13(19)11-5-4-10(16)8-12(11)18/h4-5,8,18H,2-3,6-7,9H2,1H3,(H,20,21). The number of phenolic OH excluding ortho intramolecular Hbond substituents is 1. The minimum Gasteiger partial charge on any atom is -0.507 e. The van der Waals surface area contributed by atoms with Gasteiger partial charge in [-0.1, -0.05) is 6.92 Å². The molecule has 1 aliphatic rings. The molecule has 0 bridgehead atoms. The summed E-state index contributed by atoms with van der Waals surface area (Å²) < 4.78 is 13.0. The number of phenols is 1. The van der Waals surface area contributed by atoms with Gasteiger partial charge in [-0.15, -0.1) is 0 Å². The fourth-order valence-corrected chi connectivity index (χ4v) is 2.78. The molecule has 114 valence electrons. The Labute approximate surface area is 122 Å². The highest BCUT2D eigenvalue weighted by Gasteiger charge is 2.42. The van der Waals surface area contributed by atoms with E-state index in [1.54, 1.807) is 6.92 Å². The Kier molecular flexibility index (Phi) is 4.16. The van der Waals surface area contributed by atoms with Crippen molar-refractivity contribution >= 4 is 11.9 Å². The Bertz CT molecular complexity index is 575. The summed E-state index contributed by atoms with van der Waals surface area (Å²) in [6.45, 7) is 2.33. The predicted octanol–water partition coefficient (Wildman–Crippen LogP) is 2.25. The zero-order valence-corrected chi connectivity index (χ0v) is 11.8. The molecular weight excluding hydrogens is 277 g/mol. The quantitative estimate of drug-likeness (QED) is 0.896. The van der Waals surface area contributed by atoms with E-state index in [9.17, 15) is 24.2 Å². The van der Waals surface area contributed by atoms with Crippen molar-refractivity contribution in [1.82, 2.24) is 4.90 Å². The highest BCUT2D eigenvalue weighted by molar-refractivity contribution is 5.97. The third-order valence-electron chi connectivity index (χ3n) is 4.18. The van der Waals surface area contributed by atoms with E-state index in [1.807, 2.05) is 0 Å². The largest absolute Gasteiger partial charge is 0.507 e. The number of amides is 1. The van der Waals surface area contributed by atoms with Crippen molar-refractivity contribution in [2.24, 2.45) is 5.41 Å². The number of hydrogen-bond donors (Lipinski definition) is 2. The van der Waals surface area contributed by atoms with Crippen LogP contribution in [0, 0.1) is 11.2 Å². The van der Waals surface area contributed by atoms with Crippen LogP contribution in [0.15, 0.2) is 18.2 Å². The van der Waals surface area contributed by atoms with E-state index in [-0.39, 0.29) is 12.1 Å². The van der Waals surface area contributed by atoms with Gasteiger partial charge in [0.1, 0.15) is 11.6 Å². The minimum absolute atomic E-state index is 0.00584. The molecule has 1 aliphatic heterocycles. The molecule has 1 heterocycles. The molecule has 1 amide bonds. The van der Waals surface area contributed by atoms with Crippen LogP contribution >= 0.6 is 0 Å². The van der Waals surface area contributed by atoms with E-state index >= 15 is 0 Å². The first-order valence-electron chi connectivity index (χ1n) is 6.91. The van der Waals surface area contributed by atoms with Crippen molar-refractivity contribution in [3.8, 4) is 5.75 Å². The number of carboxylic acids is 1. The molecule has 1 unspecified atom stereocenters. The molecule has 1 aromatic carbocycles. The number of nitrogens with zero attached hydrogens (tertiary/aromatic N) is 1. The van der Waals surface area contributed by atoms with Crippen molar-refractivity contribution in [2.75, 3.05) is 13.1 Å². The summed E-state index contributed by atoms with van der Waals surface area (Å²) in [5.41, 5.74) is -0.947. The predicted molar refractivity (Wildman–Crippen MR) is 73.6 cm³/mol. The lowest BCUT2D eigenvalue weighted by molar-refractivity contribution is -0.152. The SMILES string of the molecule is CCC1(C(=O)O)CCCN(C(=O)c2ccc(F)cc2O)C1. The second-order valence-electron chi connectivity index (χ2n) is 5.43. The summed E-state index contributed by atoms with van der Waals surface area (Å²) in [6, 6.07) is 3.19. The van der Waals surface area contributed by atoms with Crippen LogP contribution in [-0.4, -0.2) is 40.1 Å². The summed E-state index contributed by atoms with van der Waals surface area (Å²) in [4.78, 5) is 25.3. The Hall–Kier alpha value is -2.11. The number of carbonyl (C=O) groups is 2. The van der Waals surface area contributed by atoms with Gasteiger partial charge in [0.2, 0.25) is 0 Å². The van der Waals surface area contributed by atoms with Crippen LogP contribution in [0.1, 0.15) is 36.5 Å². The molecule has 1 fully saturated rings. The monoisotopic (exact) mass is 295 g/mol. The van der Waals surface area contributed by atoms with Crippen LogP contribution in [0.4, 0.5) is 4.39 Å². The summed E-state index contributed by atoms with van der Waals surface area (Å²) in [5.74, 6) is -2.43. The van der Waals surface area contributed by atoms with Crippen LogP contribution in [0.2, 0.25) is 0 Å². The minimum atomic E-state index is -0.941. The summed E-state index contributed by atoms with van der Waals surface area (Å²) >= 11 is 0. The van der Waals surface area contributed by atoms with Gasteiger partial charge in [0.05, 0.1) is 11.0 Å². The zero-order valence-electron chi connectivity index (χ0n) is 11.8. The summed E-state index contributed by atoms with van der Waals surface area (Å²) in [5, 5.41) is 19.1. The molecule has 2 N–H and O–H groups in total. The fourth-order valence-electron chi connectivity index (χ4n) is 2.78. The van der Waals surface area contributed by atoms with Crippen molar-refractivity contribution < 1.29 is 24.2 Å². The first-order chi connectivity index (χ1) is 9.89. The number of carbonyl (C=O) groups excluding carboxylic acids is 1. The zero-order chi connectivity index (χ0) is 15.6. The third-order valence-corrected chi connectivity index (χ3v) is 4.18. The molecule has 21 heavy (non-hydrogen) atoms. The normalized spacial score (nSPS) is 22.1. The topological polar surface area (TPSA) is 77.8 Å². The number of likely N-dealkylation sites (tertiary alicyclic amines) is 1. The first-order valence-corrected chi connectivity index (χ1v) is 6.91. The molecule has 5 nitrogen and oxygen atoms in total. The lowest BCUT2D eigenvalue weighted by Crippen LogP contribution is -2.49. The molecule has 0 aliphatic carbocycles. The Morgan fingerprint density at radius 3 is 2.71 bits per heavy atom. The van der Waals surface area contributed by atoms with Crippen molar-refractivity contribution in [3.05, 3.63) is 29.6 Å². The van der Waals surface area contributed by atoms with Crippen LogP contribution in [-0.2, 0) is 4.79 Å². The Morgan fingerprint density at radius 2 is 2.14 bits per heavy atom. The fraction of sp³-hybridized carbons (Fsp3) is 0.467. The van der Waals surface area contributed by atoms with Crippen LogP contribution < -0.4 is 0 Å².